The number of nitrogens with one attached hydrogen (secondary N) is 2. The molecular formula is C23H23FN2O4S. The number of aryl methyl sites for hydroxylation is 2. The van der Waals surface area contributed by atoms with Crippen LogP contribution in [-0.2, 0) is 21.2 Å². The lowest BCUT2D eigenvalue weighted by molar-refractivity contribution is -0.116. The molecule has 0 aliphatic heterocycles. The molecule has 0 fully saturated rings. The van der Waals surface area contributed by atoms with Gasteiger partial charge in [0.2, 0.25) is 5.91 Å². The molecule has 0 spiro atoms. The van der Waals surface area contributed by atoms with E-state index in [9.17, 15) is 17.6 Å². The van der Waals surface area contributed by atoms with E-state index < -0.39 is 15.8 Å². The molecule has 1 amide bonds. The van der Waals surface area contributed by atoms with Gasteiger partial charge in [0.25, 0.3) is 10.0 Å². The first kappa shape index (κ1) is 22.3. The number of benzene rings is 3. The van der Waals surface area contributed by atoms with Crippen molar-refractivity contribution in [3.63, 3.8) is 0 Å². The fraction of sp³-hybridized carbons (Fsp3) is 0.174. The van der Waals surface area contributed by atoms with Crippen molar-refractivity contribution in [2.45, 2.75) is 24.7 Å². The quantitative estimate of drug-likeness (QED) is 0.537. The number of ether oxygens (including phenoxy) is 1. The van der Waals surface area contributed by atoms with Crippen LogP contribution in [0.3, 0.4) is 0 Å². The third kappa shape index (κ3) is 6.05. The summed E-state index contributed by atoms with van der Waals surface area (Å²) in [5.74, 6) is -0.542. The Balaban J connectivity index is 1.55. The summed E-state index contributed by atoms with van der Waals surface area (Å²) in [7, 11) is -2.30. The van der Waals surface area contributed by atoms with E-state index >= 15 is 0 Å². The summed E-state index contributed by atoms with van der Waals surface area (Å²) in [6.07, 6.45) is 0.550. The molecule has 162 valence electrons. The molecule has 0 aliphatic carbocycles. The van der Waals surface area contributed by atoms with E-state index in [-0.39, 0.29) is 23.0 Å². The standard InChI is InChI=1S/C23H23FN2O4S/c1-16-3-11-20(12-4-16)31(28,29)26-19-9-7-18(8-10-19)25-23(27)14-6-17-5-13-22(30-2)21(24)15-17/h3-5,7-13,15,26H,6,14H2,1-2H3,(H,25,27). The van der Waals surface area contributed by atoms with E-state index in [1.165, 1.54) is 19.2 Å². The average molecular weight is 443 g/mol. The van der Waals surface area contributed by atoms with Crippen molar-refractivity contribution in [2.75, 3.05) is 17.1 Å². The topological polar surface area (TPSA) is 84.5 Å². The van der Waals surface area contributed by atoms with E-state index in [4.69, 9.17) is 4.74 Å². The Bertz CT molecular complexity index is 1160. The molecule has 0 heterocycles. The predicted octanol–water partition coefficient (Wildman–Crippen LogP) is 4.51. The SMILES string of the molecule is COc1ccc(CCC(=O)Nc2ccc(NS(=O)(=O)c3ccc(C)cc3)cc2)cc1F. The number of carbonyl (C=O) groups is 1. The van der Waals surface area contributed by atoms with E-state index in [2.05, 4.69) is 10.0 Å². The number of hydrogen-bond acceptors (Lipinski definition) is 4. The highest BCUT2D eigenvalue weighted by Crippen LogP contribution is 2.20. The van der Waals surface area contributed by atoms with E-state index in [1.54, 1.807) is 54.6 Å². The highest BCUT2D eigenvalue weighted by Gasteiger charge is 2.14. The Morgan fingerprint density at radius 1 is 0.968 bits per heavy atom. The van der Waals surface area contributed by atoms with Gasteiger partial charge in [0.15, 0.2) is 11.6 Å². The van der Waals surface area contributed by atoms with Crippen molar-refractivity contribution >= 4 is 27.3 Å². The minimum absolute atomic E-state index is 0.159. The minimum atomic E-state index is -3.69. The summed E-state index contributed by atoms with van der Waals surface area (Å²) in [5, 5.41) is 2.74. The van der Waals surface area contributed by atoms with Gasteiger partial charge in [0.05, 0.1) is 12.0 Å². The summed E-state index contributed by atoms with van der Waals surface area (Å²) in [6.45, 7) is 1.88. The molecule has 6 nitrogen and oxygen atoms in total. The van der Waals surface area contributed by atoms with Crippen molar-refractivity contribution in [1.29, 1.82) is 0 Å². The molecular weight excluding hydrogens is 419 g/mol. The van der Waals surface area contributed by atoms with Gasteiger partial charge in [-0.15, -0.1) is 0 Å². The zero-order valence-corrected chi connectivity index (χ0v) is 18.0. The molecule has 0 aliphatic rings. The molecule has 0 atom stereocenters. The first-order chi connectivity index (χ1) is 14.8. The Kier molecular flexibility index (Phi) is 6.91. The van der Waals surface area contributed by atoms with Crippen LogP contribution in [0.2, 0.25) is 0 Å². The lowest BCUT2D eigenvalue weighted by atomic mass is 10.1. The molecule has 0 aromatic heterocycles. The number of anilines is 2. The first-order valence-corrected chi connectivity index (χ1v) is 11.1. The van der Waals surface area contributed by atoms with Crippen LogP contribution in [0.1, 0.15) is 17.5 Å². The Morgan fingerprint density at radius 2 is 1.61 bits per heavy atom. The second kappa shape index (κ2) is 9.61. The second-order valence-corrected chi connectivity index (χ2v) is 8.70. The van der Waals surface area contributed by atoms with Gasteiger partial charge in [-0.05, 0) is 67.4 Å². The van der Waals surface area contributed by atoms with Crippen LogP contribution < -0.4 is 14.8 Å². The molecule has 0 bridgehead atoms. The maximum Gasteiger partial charge on any atom is 0.261 e. The Hall–Kier alpha value is -3.39. The van der Waals surface area contributed by atoms with Crippen LogP contribution >= 0.6 is 0 Å². The molecule has 3 aromatic rings. The van der Waals surface area contributed by atoms with Crippen LogP contribution in [0, 0.1) is 12.7 Å². The molecule has 0 saturated heterocycles. The fourth-order valence-electron chi connectivity index (χ4n) is 2.90. The third-order valence-electron chi connectivity index (χ3n) is 4.61. The fourth-order valence-corrected chi connectivity index (χ4v) is 3.96. The summed E-state index contributed by atoms with van der Waals surface area (Å²) < 4.78 is 46.0. The summed E-state index contributed by atoms with van der Waals surface area (Å²) >= 11 is 0. The summed E-state index contributed by atoms with van der Waals surface area (Å²) in [5.41, 5.74) is 2.57. The van der Waals surface area contributed by atoms with Crippen molar-refractivity contribution in [3.05, 3.63) is 83.7 Å². The Morgan fingerprint density at radius 3 is 2.23 bits per heavy atom. The smallest absolute Gasteiger partial charge is 0.261 e. The number of hydrogen-bond donors (Lipinski definition) is 2. The van der Waals surface area contributed by atoms with Gasteiger partial charge in [-0.1, -0.05) is 23.8 Å². The zero-order chi connectivity index (χ0) is 22.4. The van der Waals surface area contributed by atoms with Crippen LogP contribution in [-0.4, -0.2) is 21.4 Å². The first-order valence-electron chi connectivity index (χ1n) is 9.58. The van der Waals surface area contributed by atoms with Crippen LogP contribution in [0.15, 0.2) is 71.6 Å². The van der Waals surface area contributed by atoms with Gasteiger partial charge >= 0.3 is 0 Å². The lowest BCUT2D eigenvalue weighted by Gasteiger charge is -2.10. The third-order valence-corrected chi connectivity index (χ3v) is 6.01. The number of sulfonamides is 1. The van der Waals surface area contributed by atoms with Gasteiger partial charge in [0.1, 0.15) is 0 Å². The van der Waals surface area contributed by atoms with Crippen molar-refractivity contribution in [2.24, 2.45) is 0 Å². The molecule has 0 unspecified atom stereocenters. The average Bonchev–Trinajstić information content (AvgIpc) is 2.74. The van der Waals surface area contributed by atoms with Gasteiger partial charge in [-0.3, -0.25) is 9.52 Å². The van der Waals surface area contributed by atoms with Gasteiger partial charge < -0.3 is 10.1 Å². The Labute approximate surface area is 181 Å². The lowest BCUT2D eigenvalue weighted by Crippen LogP contribution is -2.14. The predicted molar refractivity (Wildman–Crippen MR) is 118 cm³/mol. The normalized spacial score (nSPS) is 11.1. The zero-order valence-electron chi connectivity index (χ0n) is 17.2. The van der Waals surface area contributed by atoms with E-state index in [0.717, 1.165) is 5.56 Å². The molecule has 3 rings (SSSR count). The van der Waals surface area contributed by atoms with Crippen molar-refractivity contribution in [3.8, 4) is 5.75 Å². The highest BCUT2D eigenvalue weighted by atomic mass is 32.2. The maximum atomic E-state index is 13.7. The second-order valence-electron chi connectivity index (χ2n) is 7.01. The number of rotatable bonds is 8. The van der Waals surface area contributed by atoms with Gasteiger partial charge in [-0.25, -0.2) is 12.8 Å². The van der Waals surface area contributed by atoms with Crippen molar-refractivity contribution < 1.29 is 22.3 Å². The van der Waals surface area contributed by atoms with Crippen LogP contribution in [0.5, 0.6) is 5.75 Å². The number of carbonyl (C=O) groups excluding carboxylic acids is 1. The molecule has 31 heavy (non-hydrogen) atoms. The van der Waals surface area contributed by atoms with Crippen LogP contribution in [0.4, 0.5) is 15.8 Å². The largest absolute Gasteiger partial charge is 0.494 e. The maximum absolute atomic E-state index is 13.7. The number of amides is 1. The molecule has 0 saturated carbocycles. The molecule has 8 heteroatoms. The monoisotopic (exact) mass is 442 g/mol. The van der Waals surface area contributed by atoms with E-state index in [0.29, 0.717) is 23.4 Å². The van der Waals surface area contributed by atoms with Crippen molar-refractivity contribution in [1.82, 2.24) is 0 Å². The van der Waals surface area contributed by atoms with Gasteiger partial charge in [0, 0.05) is 17.8 Å². The van der Waals surface area contributed by atoms with Gasteiger partial charge in [-0.2, -0.15) is 0 Å². The summed E-state index contributed by atoms with van der Waals surface area (Å²) in [6, 6.07) is 17.5. The number of methoxy groups -OCH3 is 1. The highest BCUT2D eigenvalue weighted by molar-refractivity contribution is 7.92. The summed E-state index contributed by atoms with van der Waals surface area (Å²) in [4.78, 5) is 12.4. The molecule has 3 aromatic carbocycles. The number of halogens is 1. The molecule has 2 N–H and O–H groups in total. The molecule has 0 radical (unpaired) electrons. The minimum Gasteiger partial charge on any atom is -0.494 e. The van der Waals surface area contributed by atoms with Crippen LogP contribution in [0.25, 0.3) is 0 Å². The van der Waals surface area contributed by atoms with E-state index in [1.807, 2.05) is 6.92 Å².